The molecule has 17 heavy (non-hydrogen) atoms. The minimum absolute atomic E-state index is 0.0677. The monoisotopic (exact) mass is 252 g/mol. The standard InChI is InChI=1S/C13H17ClN2O/c1-2-13(7-3-4-8-13)12(17)16-11-10(14)6-5-9-15-11/h5-6,9H,2-4,7-8H2,1H3,(H,15,16,17). The molecule has 92 valence electrons. The summed E-state index contributed by atoms with van der Waals surface area (Å²) >= 11 is 5.99. The molecule has 0 radical (unpaired) electrons. The minimum atomic E-state index is -0.207. The summed E-state index contributed by atoms with van der Waals surface area (Å²) < 4.78 is 0. The second-order valence-corrected chi connectivity index (χ2v) is 5.04. The van der Waals surface area contributed by atoms with Crippen LogP contribution in [0.25, 0.3) is 0 Å². The zero-order valence-corrected chi connectivity index (χ0v) is 10.8. The summed E-state index contributed by atoms with van der Waals surface area (Å²) in [6.07, 6.45) is 6.73. The summed E-state index contributed by atoms with van der Waals surface area (Å²) in [5.74, 6) is 0.539. The summed E-state index contributed by atoms with van der Waals surface area (Å²) in [4.78, 5) is 16.4. The predicted octanol–water partition coefficient (Wildman–Crippen LogP) is 3.64. The molecule has 0 aliphatic heterocycles. The van der Waals surface area contributed by atoms with E-state index in [0.717, 1.165) is 32.1 Å². The largest absolute Gasteiger partial charge is 0.309 e. The number of amides is 1. The summed E-state index contributed by atoms with van der Waals surface area (Å²) in [6, 6.07) is 3.49. The van der Waals surface area contributed by atoms with Gasteiger partial charge in [0.05, 0.1) is 5.02 Å². The molecule has 0 spiro atoms. The van der Waals surface area contributed by atoms with E-state index in [1.54, 1.807) is 18.3 Å². The van der Waals surface area contributed by atoms with Crippen LogP contribution in [0.3, 0.4) is 0 Å². The molecule has 1 saturated carbocycles. The minimum Gasteiger partial charge on any atom is -0.309 e. The maximum Gasteiger partial charge on any atom is 0.231 e. The van der Waals surface area contributed by atoms with Crippen molar-refractivity contribution >= 4 is 23.3 Å². The number of nitrogens with one attached hydrogen (secondary N) is 1. The highest BCUT2D eigenvalue weighted by Crippen LogP contribution is 2.42. The maximum absolute atomic E-state index is 12.3. The first-order chi connectivity index (χ1) is 8.18. The lowest BCUT2D eigenvalue weighted by Crippen LogP contribution is -2.33. The van der Waals surface area contributed by atoms with Gasteiger partial charge in [0, 0.05) is 11.6 Å². The van der Waals surface area contributed by atoms with Crippen LogP contribution in [0.15, 0.2) is 18.3 Å². The van der Waals surface area contributed by atoms with Crippen LogP contribution in [-0.4, -0.2) is 10.9 Å². The van der Waals surface area contributed by atoms with E-state index in [1.165, 1.54) is 0 Å². The average Bonchev–Trinajstić information content (AvgIpc) is 2.82. The van der Waals surface area contributed by atoms with Gasteiger partial charge in [0.1, 0.15) is 0 Å². The van der Waals surface area contributed by atoms with Gasteiger partial charge in [-0.05, 0) is 31.4 Å². The Kier molecular flexibility index (Phi) is 3.67. The Hall–Kier alpha value is -1.09. The van der Waals surface area contributed by atoms with Crippen molar-refractivity contribution in [1.82, 2.24) is 4.98 Å². The van der Waals surface area contributed by atoms with Crippen molar-refractivity contribution in [3.63, 3.8) is 0 Å². The third kappa shape index (κ3) is 2.44. The summed E-state index contributed by atoms with van der Waals surface area (Å²) in [5, 5.41) is 3.35. The average molecular weight is 253 g/mol. The predicted molar refractivity (Wildman–Crippen MR) is 69.1 cm³/mol. The van der Waals surface area contributed by atoms with Crippen molar-refractivity contribution in [2.24, 2.45) is 5.41 Å². The van der Waals surface area contributed by atoms with Gasteiger partial charge in [0.15, 0.2) is 5.82 Å². The van der Waals surface area contributed by atoms with Crippen LogP contribution in [0, 0.1) is 5.41 Å². The van der Waals surface area contributed by atoms with Gasteiger partial charge in [-0.1, -0.05) is 31.4 Å². The van der Waals surface area contributed by atoms with Gasteiger partial charge < -0.3 is 5.32 Å². The zero-order valence-electron chi connectivity index (χ0n) is 10.0. The molecule has 1 aliphatic rings. The van der Waals surface area contributed by atoms with Gasteiger partial charge in [0.25, 0.3) is 0 Å². The van der Waals surface area contributed by atoms with Crippen LogP contribution in [0.4, 0.5) is 5.82 Å². The molecule has 1 aliphatic carbocycles. The number of carbonyl (C=O) groups is 1. The van der Waals surface area contributed by atoms with E-state index < -0.39 is 0 Å². The fraction of sp³-hybridized carbons (Fsp3) is 0.538. The number of hydrogen-bond acceptors (Lipinski definition) is 2. The molecule has 1 heterocycles. The van der Waals surface area contributed by atoms with E-state index >= 15 is 0 Å². The lowest BCUT2D eigenvalue weighted by Gasteiger charge is -2.25. The molecule has 1 aromatic rings. The zero-order chi connectivity index (χ0) is 12.3. The first-order valence-corrected chi connectivity index (χ1v) is 6.48. The van der Waals surface area contributed by atoms with Crippen molar-refractivity contribution in [2.75, 3.05) is 5.32 Å². The molecule has 0 aromatic carbocycles. The maximum atomic E-state index is 12.3. The Balaban J connectivity index is 2.14. The molecule has 4 heteroatoms. The van der Waals surface area contributed by atoms with Gasteiger partial charge in [-0.2, -0.15) is 0 Å². The number of halogens is 1. The Morgan fingerprint density at radius 3 is 2.82 bits per heavy atom. The molecule has 1 fully saturated rings. The quantitative estimate of drug-likeness (QED) is 0.892. The topological polar surface area (TPSA) is 42.0 Å². The number of rotatable bonds is 3. The van der Waals surface area contributed by atoms with E-state index in [0.29, 0.717) is 10.8 Å². The number of aromatic nitrogens is 1. The number of carbonyl (C=O) groups excluding carboxylic acids is 1. The lowest BCUT2D eigenvalue weighted by atomic mass is 9.82. The Labute approximate surface area is 107 Å². The number of nitrogens with zero attached hydrogens (tertiary/aromatic N) is 1. The van der Waals surface area contributed by atoms with Crippen molar-refractivity contribution in [1.29, 1.82) is 0 Å². The van der Waals surface area contributed by atoms with E-state index in [2.05, 4.69) is 17.2 Å². The summed E-state index contributed by atoms with van der Waals surface area (Å²) in [5.41, 5.74) is -0.207. The van der Waals surface area contributed by atoms with Crippen LogP contribution in [0.5, 0.6) is 0 Å². The van der Waals surface area contributed by atoms with E-state index in [4.69, 9.17) is 11.6 Å². The highest BCUT2D eigenvalue weighted by atomic mass is 35.5. The van der Waals surface area contributed by atoms with Crippen LogP contribution in [0.1, 0.15) is 39.0 Å². The van der Waals surface area contributed by atoms with Gasteiger partial charge in [0.2, 0.25) is 5.91 Å². The first-order valence-electron chi connectivity index (χ1n) is 6.10. The van der Waals surface area contributed by atoms with E-state index in [1.807, 2.05) is 0 Å². The molecule has 1 N–H and O–H groups in total. The Bertz CT molecular complexity index is 414. The fourth-order valence-corrected chi connectivity index (χ4v) is 2.68. The number of hydrogen-bond donors (Lipinski definition) is 1. The lowest BCUT2D eigenvalue weighted by molar-refractivity contribution is -0.125. The van der Waals surface area contributed by atoms with Crippen LogP contribution in [-0.2, 0) is 4.79 Å². The SMILES string of the molecule is CCC1(C(=O)Nc2ncccc2Cl)CCCC1. The molecule has 1 aromatic heterocycles. The highest BCUT2D eigenvalue weighted by molar-refractivity contribution is 6.33. The van der Waals surface area contributed by atoms with Crippen molar-refractivity contribution < 1.29 is 4.79 Å². The van der Waals surface area contributed by atoms with E-state index in [-0.39, 0.29) is 11.3 Å². The second-order valence-electron chi connectivity index (χ2n) is 4.63. The smallest absolute Gasteiger partial charge is 0.231 e. The van der Waals surface area contributed by atoms with Crippen LogP contribution >= 0.6 is 11.6 Å². The Morgan fingerprint density at radius 1 is 1.53 bits per heavy atom. The Morgan fingerprint density at radius 2 is 2.24 bits per heavy atom. The third-order valence-corrected chi connectivity index (χ3v) is 4.01. The second kappa shape index (κ2) is 5.05. The molecule has 3 nitrogen and oxygen atoms in total. The molecular weight excluding hydrogens is 236 g/mol. The molecule has 0 saturated heterocycles. The van der Waals surface area contributed by atoms with Crippen LogP contribution < -0.4 is 5.32 Å². The first kappa shape index (κ1) is 12.4. The summed E-state index contributed by atoms with van der Waals surface area (Å²) in [6.45, 7) is 2.07. The van der Waals surface area contributed by atoms with Crippen LogP contribution in [0.2, 0.25) is 5.02 Å². The van der Waals surface area contributed by atoms with Gasteiger partial charge in [-0.3, -0.25) is 4.79 Å². The molecule has 1 amide bonds. The van der Waals surface area contributed by atoms with Gasteiger partial charge in [-0.25, -0.2) is 4.98 Å². The van der Waals surface area contributed by atoms with Gasteiger partial charge in [-0.15, -0.1) is 0 Å². The fourth-order valence-electron chi connectivity index (χ4n) is 2.51. The highest BCUT2D eigenvalue weighted by Gasteiger charge is 2.39. The molecular formula is C13H17ClN2O. The molecule has 0 unspecified atom stereocenters. The van der Waals surface area contributed by atoms with Crippen molar-refractivity contribution in [3.8, 4) is 0 Å². The normalized spacial score (nSPS) is 18.0. The third-order valence-electron chi connectivity index (χ3n) is 3.71. The van der Waals surface area contributed by atoms with Gasteiger partial charge >= 0.3 is 0 Å². The van der Waals surface area contributed by atoms with E-state index in [9.17, 15) is 4.79 Å². The summed E-state index contributed by atoms with van der Waals surface area (Å²) in [7, 11) is 0. The number of pyridine rings is 1. The molecule has 0 bridgehead atoms. The molecule has 0 atom stereocenters. The van der Waals surface area contributed by atoms with Crippen molar-refractivity contribution in [3.05, 3.63) is 23.4 Å². The molecule has 2 rings (SSSR count). The van der Waals surface area contributed by atoms with Crippen molar-refractivity contribution in [2.45, 2.75) is 39.0 Å². The number of anilines is 1.